The number of carbonyl (C=O) groups is 1. The smallest absolute Gasteiger partial charge is 0.231 e. The van der Waals surface area contributed by atoms with Crippen molar-refractivity contribution >= 4 is 22.9 Å². The Morgan fingerprint density at radius 3 is 2.58 bits per heavy atom. The molecule has 2 N–H and O–H groups in total. The minimum atomic E-state index is -0.0413. The van der Waals surface area contributed by atoms with Gasteiger partial charge in [-0.25, -0.2) is 4.98 Å². The summed E-state index contributed by atoms with van der Waals surface area (Å²) in [6, 6.07) is 18.4. The van der Waals surface area contributed by atoms with Gasteiger partial charge < -0.3 is 10.6 Å². The molecule has 0 aliphatic heterocycles. The van der Waals surface area contributed by atoms with Crippen LogP contribution in [0, 0.1) is 6.92 Å². The average Bonchev–Trinajstić information content (AvgIpc) is 3.09. The fraction of sp³-hybridized carbons (Fsp3) is 0.238. The van der Waals surface area contributed by atoms with E-state index in [-0.39, 0.29) is 11.9 Å². The molecule has 0 aliphatic rings. The molecule has 1 heterocycles. The third-order valence-corrected chi connectivity index (χ3v) is 5.03. The molecule has 1 atom stereocenters. The molecule has 0 radical (unpaired) electrons. The van der Waals surface area contributed by atoms with E-state index < -0.39 is 0 Å². The molecule has 3 aromatic rings. The van der Waals surface area contributed by atoms with E-state index in [4.69, 9.17) is 0 Å². The van der Waals surface area contributed by atoms with E-state index in [1.54, 1.807) is 0 Å². The minimum Gasteiger partial charge on any atom is -0.326 e. The fourth-order valence-corrected chi connectivity index (χ4v) is 3.40. The number of anilines is 1. The van der Waals surface area contributed by atoms with E-state index in [1.807, 2.05) is 54.8 Å². The van der Waals surface area contributed by atoms with Crippen molar-refractivity contribution in [2.75, 3.05) is 5.32 Å². The third-order valence-electron chi connectivity index (χ3n) is 4.14. The molecule has 134 valence electrons. The number of aryl methyl sites for hydroxylation is 1. The van der Waals surface area contributed by atoms with Crippen LogP contribution >= 0.6 is 11.3 Å². The summed E-state index contributed by atoms with van der Waals surface area (Å²) in [5, 5.41) is 9.23. The number of rotatable bonds is 7. The minimum absolute atomic E-state index is 0.0413. The van der Waals surface area contributed by atoms with Gasteiger partial charge in [-0.15, -0.1) is 11.3 Å². The first-order valence-corrected chi connectivity index (χ1v) is 9.56. The van der Waals surface area contributed by atoms with Crippen LogP contribution in [0.5, 0.6) is 0 Å². The van der Waals surface area contributed by atoms with E-state index in [0.29, 0.717) is 13.0 Å². The topological polar surface area (TPSA) is 54.0 Å². The van der Waals surface area contributed by atoms with Crippen LogP contribution < -0.4 is 10.6 Å². The van der Waals surface area contributed by atoms with Gasteiger partial charge in [-0.05, 0) is 31.5 Å². The first-order valence-electron chi connectivity index (χ1n) is 8.68. The van der Waals surface area contributed by atoms with E-state index >= 15 is 0 Å². The van der Waals surface area contributed by atoms with Gasteiger partial charge in [-0.1, -0.05) is 48.0 Å². The average molecular weight is 366 g/mol. The Kier molecular flexibility index (Phi) is 6.15. The summed E-state index contributed by atoms with van der Waals surface area (Å²) in [7, 11) is 0. The molecule has 0 bridgehead atoms. The van der Waals surface area contributed by atoms with Crippen molar-refractivity contribution in [3.63, 3.8) is 0 Å². The zero-order valence-electron chi connectivity index (χ0n) is 15.0. The highest BCUT2D eigenvalue weighted by Crippen LogP contribution is 2.15. The van der Waals surface area contributed by atoms with Crippen molar-refractivity contribution < 1.29 is 4.79 Å². The van der Waals surface area contributed by atoms with Crippen LogP contribution in [0.3, 0.4) is 0 Å². The molecular weight excluding hydrogens is 342 g/mol. The molecule has 5 heteroatoms. The summed E-state index contributed by atoms with van der Waals surface area (Å²) in [4.78, 5) is 16.7. The van der Waals surface area contributed by atoms with Gasteiger partial charge in [0.15, 0.2) is 0 Å². The Balaban J connectivity index is 1.49. The number of aromatic nitrogens is 1. The molecule has 0 unspecified atom stereocenters. The van der Waals surface area contributed by atoms with Crippen molar-refractivity contribution in [1.82, 2.24) is 10.3 Å². The molecule has 26 heavy (non-hydrogen) atoms. The van der Waals surface area contributed by atoms with Crippen LogP contribution in [-0.2, 0) is 17.8 Å². The van der Waals surface area contributed by atoms with Gasteiger partial charge in [-0.2, -0.15) is 0 Å². The standard InChI is InChI=1S/C21H23N3OS/c1-15-8-10-18(11-9-15)23-20(25)12-21-24-19(14-26-21)13-22-16(2)17-6-4-3-5-7-17/h3-11,14,16,22H,12-13H2,1-2H3,(H,23,25)/t16-/m0/s1. The lowest BCUT2D eigenvalue weighted by Crippen LogP contribution is -2.18. The van der Waals surface area contributed by atoms with Crippen molar-refractivity contribution in [2.45, 2.75) is 32.9 Å². The van der Waals surface area contributed by atoms with Gasteiger partial charge in [0.2, 0.25) is 5.91 Å². The lowest BCUT2D eigenvalue weighted by molar-refractivity contribution is -0.115. The Bertz CT molecular complexity index is 843. The summed E-state index contributed by atoms with van der Waals surface area (Å²) in [6.45, 7) is 4.85. The van der Waals surface area contributed by atoms with Crippen molar-refractivity contribution in [3.8, 4) is 0 Å². The van der Waals surface area contributed by atoms with Gasteiger partial charge in [-0.3, -0.25) is 4.79 Å². The SMILES string of the molecule is Cc1ccc(NC(=O)Cc2nc(CN[C@@H](C)c3ccccc3)cs2)cc1. The highest BCUT2D eigenvalue weighted by Gasteiger charge is 2.10. The lowest BCUT2D eigenvalue weighted by Gasteiger charge is -2.12. The molecular formula is C21H23N3OS. The van der Waals surface area contributed by atoms with Crippen LogP contribution in [-0.4, -0.2) is 10.9 Å². The molecule has 3 rings (SSSR count). The number of hydrogen-bond donors (Lipinski definition) is 2. The Hall–Kier alpha value is -2.50. The van der Waals surface area contributed by atoms with Crippen LogP contribution in [0.1, 0.15) is 34.8 Å². The highest BCUT2D eigenvalue weighted by atomic mass is 32.1. The summed E-state index contributed by atoms with van der Waals surface area (Å²) >= 11 is 1.53. The largest absolute Gasteiger partial charge is 0.326 e. The van der Waals surface area contributed by atoms with Crippen molar-refractivity contribution in [3.05, 3.63) is 81.8 Å². The number of hydrogen-bond acceptors (Lipinski definition) is 4. The summed E-state index contributed by atoms with van der Waals surface area (Å²) in [5.41, 5.74) is 4.21. The molecule has 0 aliphatic carbocycles. The first-order chi connectivity index (χ1) is 12.6. The van der Waals surface area contributed by atoms with Crippen LogP contribution in [0.25, 0.3) is 0 Å². The Morgan fingerprint density at radius 2 is 1.85 bits per heavy atom. The van der Waals surface area contributed by atoms with Crippen molar-refractivity contribution in [1.29, 1.82) is 0 Å². The second-order valence-electron chi connectivity index (χ2n) is 6.34. The molecule has 0 saturated heterocycles. The number of nitrogens with zero attached hydrogens (tertiary/aromatic N) is 1. The summed E-state index contributed by atoms with van der Waals surface area (Å²) in [6.07, 6.45) is 0.298. The molecule has 1 aromatic heterocycles. The van der Waals surface area contributed by atoms with Gasteiger partial charge in [0, 0.05) is 23.7 Å². The van der Waals surface area contributed by atoms with E-state index in [1.165, 1.54) is 22.5 Å². The normalized spacial score (nSPS) is 11.9. The van der Waals surface area contributed by atoms with Gasteiger partial charge in [0.1, 0.15) is 5.01 Å². The number of benzene rings is 2. The fourth-order valence-electron chi connectivity index (χ4n) is 2.61. The van der Waals surface area contributed by atoms with Crippen molar-refractivity contribution in [2.24, 2.45) is 0 Å². The maximum absolute atomic E-state index is 12.2. The van der Waals surface area contributed by atoms with Gasteiger partial charge >= 0.3 is 0 Å². The summed E-state index contributed by atoms with van der Waals surface area (Å²) in [5.74, 6) is -0.0413. The summed E-state index contributed by atoms with van der Waals surface area (Å²) < 4.78 is 0. The number of amides is 1. The highest BCUT2D eigenvalue weighted by molar-refractivity contribution is 7.09. The van der Waals surface area contributed by atoms with Crippen LogP contribution in [0.15, 0.2) is 60.0 Å². The lowest BCUT2D eigenvalue weighted by atomic mass is 10.1. The second kappa shape index (κ2) is 8.74. The van der Waals surface area contributed by atoms with E-state index in [0.717, 1.165) is 16.4 Å². The van der Waals surface area contributed by atoms with Crippen LogP contribution in [0.2, 0.25) is 0 Å². The molecule has 0 spiro atoms. The quantitative estimate of drug-likeness (QED) is 0.649. The number of nitrogens with one attached hydrogen (secondary N) is 2. The first kappa shape index (κ1) is 18.3. The predicted octanol–water partition coefficient (Wildman–Crippen LogP) is 4.48. The molecule has 0 fully saturated rings. The zero-order chi connectivity index (χ0) is 18.4. The predicted molar refractivity (Wildman–Crippen MR) is 107 cm³/mol. The maximum Gasteiger partial charge on any atom is 0.231 e. The van der Waals surface area contributed by atoms with Crippen LogP contribution in [0.4, 0.5) is 5.69 Å². The number of carbonyl (C=O) groups excluding carboxylic acids is 1. The number of thiazole rings is 1. The van der Waals surface area contributed by atoms with Gasteiger partial charge in [0.05, 0.1) is 12.1 Å². The van der Waals surface area contributed by atoms with Gasteiger partial charge in [0.25, 0.3) is 0 Å². The van der Waals surface area contributed by atoms with E-state index in [9.17, 15) is 4.79 Å². The zero-order valence-corrected chi connectivity index (χ0v) is 15.8. The maximum atomic E-state index is 12.2. The Morgan fingerprint density at radius 1 is 1.12 bits per heavy atom. The Labute approximate surface area is 158 Å². The molecule has 4 nitrogen and oxygen atoms in total. The molecule has 0 saturated carbocycles. The monoisotopic (exact) mass is 365 g/mol. The third kappa shape index (κ3) is 5.25. The molecule has 2 aromatic carbocycles. The van der Waals surface area contributed by atoms with E-state index in [2.05, 4.69) is 34.7 Å². The second-order valence-corrected chi connectivity index (χ2v) is 7.28. The molecule has 1 amide bonds.